The highest BCUT2D eigenvalue weighted by Crippen LogP contribution is 2.36. The van der Waals surface area contributed by atoms with Gasteiger partial charge in [0.1, 0.15) is 0 Å². The van der Waals surface area contributed by atoms with Gasteiger partial charge in [-0.3, -0.25) is 0 Å². The SMILES string of the molecule is CC1CCC(C(N)CC2CCCc3ccccc32)O1. The molecule has 2 nitrogen and oxygen atoms in total. The second-order valence-electron chi connectivity index (χ2n) is 6.25. The fourth-order valence-electron chi connectivity index (χ4n) is 3.73. The molecule has 1 heterocycles. The zero-order valence-corrected chi connectivity index (χ0v) is 11.8. The lowest BCUT2D eigenvalue weighted by atomic mass is 9.79. The molecule has 2 N–H and O–H groups in total. The van der Waals surface area contributed by atoms with E-state index in [2.05, 4.69) is 31.2 Å². The highest BCUT2D eigenvalue weighted by Gasteiger charge is 2.30. The summed E-state index contributed by atoms with van der Waals surface area (Å²) in [6.45, 7) is 2.16. The number of ether oxygens (including phenoxy) is 1. The third-order valence-corrected chi connectivity index (χ3v) is 4.79. The third-order valence-electron chi connectivity index (χ3n) is 4.79. The Labute approximate surface area is 116 Å². The van der Waals surface area contributed by atoms with E-state index in [4.69, 9.17) is 10.5 Å². The summed E-state index contributed by atoms with van der Waals surface area (Å²) in [5.41, 5.74) is 9.48. The lowest BCUT2D eigenvalue weighted by Crippen LogP contribution is -2.36. The molecular weight excluding hydrogens is 234 g/mol. The maximum atomic E-state index is 6.40. The van der Waals surface area contributed by atoms with Crippen LogP contribution in [0.25, 0.3) is 0 Å². The molecule has 0 radical (unpaired) electrons. The summed E-state index contributed by atoms with van der Waals surface area (Å²) in [5, 5.41) is 0. The molecule has 1 aliphatic heterocycles. The molecule has 1 aromatic rings. The Morgan fingerprint density at radius 3 is 2.89 bits per heavy atom. The van der Waals surface area contributed by atoms with Crippen LogP contribution in [0.1, 0.15) is 56.1 Å². The molecule has 2 aliphatic rings. The van der Waals surface area contributed by atoms with Crippen LogP contribution in [-0.2, 0) is 11.2 Å². The second-order valence-corrected chi connectivity index (χ2v) is 6.25. The minimum atomic E-state index is 0.195. The molecule has 4 atom stereocenters. The van der Waals surface area contributed by atoms with Crippen molar-refractivity contribution in [3.63, 3.8) is 0 Å². The number of fused-ring (bicyclic) bond motifs is 1. The molecule has 0 spiro atoms. The van der Waals surface area contributed by atoms with Crippen molar-refractivity contribution in [2.45, 2.75) is 69.6 Å². The van der Waals surface area contributed by atoms with E-state index in [1.165, 1.54) is 36.8 Å². The van der Waals surface area contributed by atoms with Gasteiger partial charge in [0, 0.05) is 6.04 Å². The van der Waals surface area contributed by atoms with E-state index >= 15 is 0 Å². The highest BCUT2D eigenvalue weighted by molar-refractivity contribution is 5.32. The molecule has 1 aliphatic carbocycles. The van der Waals surface area contributed by atoms with E-state index in [0.29, 0.717) is 12.0 Å². The van der Waals surface area contributed by atoms with Crippen molar-refractivity contribution in [3.8, 4) is 0 Å². The van der Waals surface area contributed by atoms with Crippen molar-refractivity contribution >= 4 is 0 Å². The Morgan fingerprint density at radius 2 is 2.11 bits per heavy atom. The first-order valence-corrected chi connectivity index (χ1v) is 7.73. The van der Waals surface area contributed by atoms with Gasteiger partial charge in [-0.2, -0.15) is 0 Å². The summed E-state index contributed by atoms with van der Waals surface area (Å²) in [6, 6.07) is 9.09. The van der Waals surface area contributed by atoms with Gasteiger partial charge in [-0.05, 0) is 62.5 Å². The van der Waals surface area contributed by atoms with Crippen molar-refractivity contribution < 1.29 is 4.74 Å². The molecule has 3 rings (SSSR count). The summed E-state index contributed by atoms with van der Waals surface area (Å²) in [7, 11) is 0. The third kappa shape index (κ3) is 2.85. The first kappa shape index (κ1) is 13.1. The molecule has 0 saturated carbocycles. The van der Waals surface area contributed by atoms with Crippen LogP contribution in [0.3, 0.4) is 0 Å². The summed E-state index contributed by atoms with van der Waals surface area (Å²) in [4.78, 5) is 0. The lowest BCUT2D eigenvalue weighted by molar-refractivity contribution is 0.0369. The fraction of sp³-hybridized carbons (Fsp3) is 0.647. The minimum absolute atomic E-state index is 0.195. The van der Waals surface area contributed by atoms with Crippen molar-refractivity contribution in [1.29, 1.82) is 0 Å². The Kier molecular flexibility index (Phi) is 3.90. The quantitative estimate of drug-likeness (QED) is 0.903. The summed E-state index contributed by atoms with van der Waals surface area (Å²) in [5.74, 6) is 0.638. The highest BCUT2D eigenvalue weighted by atomic mass is 16.5. The van der Waals surface area contributed by atoms with Gasteiger partial charge in [-0.15, -0.1) is 0 Å². The molecule has 1 aromatic carbocycles. The predicted molar refractivity (Wildman–Crippen MR) is 78.3 cm³/mol. The second kappa shape index (κ2) is 5.64. The maximum Gasteiger partial charge on any atom is 0.0730 e. The molecule has 1 fully saturated rings. The largest absolute Gasteiger partial charge is 0.374 e. The van der Waals surface area contributed by atoms with E-state index in [-0.39, 0.29) is 12.1 Å². The molecule has 1 saturated heterocycles. The zero-order chi connectivity index (χ0) is 13.2. The molecule has 2 heteroatoms. The van der Waals surface area contributed by atoms with Crippen LogP contribution >= 0.6 is 0 Å². The number of benzene rings is 1. The lowest BCUT2D eigenvalue weighted by Gasteiger charge is -2.29. The number of hydrogen-bond donors (Lipinski definition) is 1. The normalized spacial score (nSPS) is 32.0. The van der Waals surface area contributed by atoms with Crippen LogP contribution < -0.4 is 5.73 Å². The average Bonchev–Trinajstić information content (AvgIpc) is 2.86. The predicted octanol–water partition coefficient (Wildman–Crippen LogP) is 3.39. The average molecular weight is 259 g/mol. The molecule has 104 valence electrons. The van der Waals surface area contributed by atoms with Crippen molar-refractivity contribution in [2.75, 3.05) is 0 Å². The first-order valence-electron chi connectivity index (χ1n) is 7.73. The molecule has 4 unspecified atom stereocenters. The van der Waals surface area contributed by atoms with Crippen molar-refractivity contribution in [2.24, 2.45) is 5.73 Å². The molecule has 0 amide bonds. The maximum absolute atomic E-state index is 6.40. The monoisotopic (exact) mass is 259 g/mol. The number of hydrogen-bond acceptors (Lipinski definition) is 2. The van der Waals surface area contributed by atoms with E-state index in [0.717, 1.165) is 12.8 Å². The van der Waals surface area contributed by atoms with E-state index < -0.39 is 0 Å². The van der Waals surface area contributed by atoms with Crippen LogP contribution in [0.2, 0.25) is 0 Å². The molecule has 0 aromatic heterocycles. The topological polar surface area (TPSA) is 35.2 Å². The van der Waals surface area contributed by atoms with E-state index in [9.17, 15) is 0 Å². The zero-order valence-electron chi connectivity index (χ0n) is 11.8. The van der Waals surface area contributed by atoms with Crippen LogP contribution in [-0.4, -0.2) is 18.2 Å². The molecule has 19 heavy (non-hydrogen) atoms. The first-order chi connectivity index (χ1) is 9.24. The van der Waals surface area contributed by atoms with E-state index in [1.54, 1.807) is 0 Å². The van der Waals surface area contributed by atoms with Crippen LogP contribution in [0.5, 0.6) is 0 Å². The Bertz CT molecular complexity index is 431. The minimum Gasteiger partial charge on any atom is -0.374 e. The van der Waals surface area contributed by atoms with Crippen molar-refractivity contribution in [3.05, 3.63) is 35.4 Å². The summed E-state index contributed by atoms with van der Waals surface area (Å²) < 4.78 is 5.93. The van der Waals surface area contributed by atoms with E-state index in [1.807, 2.05) is 0 Å². The van der Waals surface area contributed by atoms with Gasteiger partial charge in [0.2, 0.25) is 0 Å². The van der Waals surface area contributed by atoms with Gasteiger partial charge in [-0.1, -0.05) is 24.3 Å². The van der Waals surface area contributed by atoms with Gasteiger partial charge < -0.3 is 10.5 Å². The van der Waals surface area contributed by atoms with Gasteiger partial charge in [0.15, 0.2) is 0 Å². The van der Waals surface area contributed by atoms with Crippen LogP contribution in [0, 0.1) is 0 Å². The Hall–Kier alpha value is -0.860. The van der Waals surface area contributed by atoms with Gasteiger partial charge >= 0.3 is 0 Å². The van der Waals surface area contributed by atoms with Crippen LogP contribution in [0.4, 0.5) is 0 Å². The van der Waals surface area contributed by atoms with Gasteiger partial charge in [0.05, 0.1) is 12.2 Å². The standard InChI is InChI=1S/C17H25NO/c1-12-9-10-17(19-12)16(18)11-14-7-4-6-13-5-2-3-8-15(13)14/h2-3,5,8,12,14,16-17H,4,6-7,9-11,18H2,1H3. The summed E-state index contributed by atoms with van der Waals surface area (Å²) in [6.07, 6.45) is 7.88. The summed E-state index contributed by atoms with van der Waals surface area (Å²) >= 11 is 0. The number of rotatable bonds is 3. The number of nitrogens with two attached hydrogens (primary N) is 1. The smallest absolute Gasteiger partial charge is 0.0730 e. The van der Waals surface area contributed by atoms with Gasteiger partial charge in [-0.25, -0.2) is 0 Å². The van der Waals surface area contributed by atoms with Crippen molar-refractivity contribution in [1.82, 2.24) is 0 Å². The Morgan fingerprint density at radius 1 is 1.26 bits per heavy atom. The Balaban J connectivity index is 1.67. The van der Waals surface area contributed by atoms with Crippen LogP contribution in [0.15, 0.2) is 24.3 Å². The fourth-order valence-corrected chi connectivity index (χ4v) is 3.73. The molecule has 0 bridgehead atoms. The number of aryl methyl sites for hydroxylation is 1. The van der Waals surface area contributed by atoms with Gasteiger partial charge in [0.25, 0.3) is 0 Å². The molecular formula is C17H25NO.